The number of fused-ring (bicyclic) bond motifs is 2. The Kier molecular flexibility index (Phi) is 11.6. The number of rotatable bonds is 9. The van der Waals surface area contributed by atoms with Gasteiger partial charge in [0.05, 0.1) is 0 Å². The van der Waals surface area contributed by atoms with E-state index in [2.05, 4.69) is 147 Å². The van der Waals surface area contributed by atoms with Crippen LogP contribution in [0.25, 0.3) is 22.4 Å². The molecule has 0 aliphatic carbocycles. The maximum atomic E-state index is 4.40. The molecular weight excluding hydrogens is 827 g/mol. The fraction of sp³-hybridized carbons (Fsp3) is 0.0851. The standard InChI is InChI=1S/C30H26N4.C17H12N.Ir/c1-3-13-25(14-4-1)33-23-31(27-17-7-9-19-29(27)33)21-11-12-22-32-24-34(26-15-5-2-6-16-26)30-20-10-8-18-28(30)32;1-3-7-14(8-4-1)16-11-12-18-17(13-16)15-9-5-2-6-10-15;/h1-10,13,15,17-20,23-24H,11-12,21-22H2;1-9,11-13H;/q-4;-1;. The first-order chi connectivity index (χ1) is 25.8. The molecule has 0 bridgehead atoms. The number of hydrogen-bond acceptors (Lipinski definition) is 5. The maximum Gasteiger partial charge on any atom is 0.0326 e. The molecule has 6 aromatic carbocycles. The largest absolute Gasteiger partial charge is 0.501 e. The number of nitrogens with zero attached hydrogens (tertiary/aromatic N) is 5. The second kappa shape index (κ2) is 17.2. The van der Waals surface area contributed by atoms with Crippen LogP contribution in [0.5, 0.6) is 0 Å². The van der Waals surface area contributed by atoms with Crippen LogP contribution < -0.4 is 19.6 Å². The maximum absolute atomic E-state index is 4.40. The molecule has 5 nitrogen and oxygen atoms in total. The molecule has 0 saturated heterocycles. The summed E-state index contributed by atoms with van der Waals surface area (Å²) in [4.78, 5) is 13.6. The molecule has 7 aromatic rings. The number of anilines is 6. The summed E-state index contributed by atoms with van der Waals surface area (Å²) in [5, 5.41) is 0. The molecule has 9 rings (SSSR count). The fourth-order valence-electron chi connectivity index (χ4n) is 6.66. The molecule has 2 aliphatic heterocycles. The van der Waals surface area contributed by atoms with Gasteiger partial charge in [-0.15, -0.1) is 47.3 Å². The van der Waals surface area contributed by atoms with Crippen LogP contribution in [0.3, 0.4) is 0 Å². The molecule has 0 saturated carbocycles. The Hall–Kier alpha value is -5.68. The molecule has 2 aliphatic rings. The third-order valence-corrected chi connectivity index (χ3v) is 9.22. The first-order valence-corrected chi connectivity index (χ1v) is 17.7. The van der Waals surface area contributed by atoms with Gasteiger partial charge in [0.1, 0.15) is 0 Å². The molecule has 0 amide bonds. The summed E-state index contributed by atoms with van der Waals surface area (Å²) in [7, 11) is 0. The van der Waals surface area contributed by atoms with Gasteiger partial charge < -0.3 is 24.6 Å². The molecule has 1 radical (unpaired) electrons. The number of pyridine rings is 1. The van der Waals surface area contributed by atoms with Crippen molar-refractivity contribution in [3.8, 4) is 22.4 Å². The second-order valence-electron chi connectivity index (χ2n) is 12.6. The van der Waals surface area contributed by atoms with E-state index < -0.39 is 0 Å². The van der Waals surface area contributed by atoms with E-state index in [0.717, 1.165) is 48.6 Å². The van der Waals surface area contributed by atoms with Crippen molar-refractivity contribution in [3.63, 3.8) is 0 Å². The van der Waals surface area contributed by atoms with Gasteiger partial charge in [0.15, 0.2) is 0 Å². The Morgan fingerprint density at radius 3 is 1.47 bits per heavy atom. The summed E-state index contributed by atoms with van der Waals surface area (Å²) in [5.74, 6) is 0. The van der Waals surface area contributed by atoms with Crippen molar-refractivity contribution in [1.82, 2.24) is 4.98 Å². The number of aromatic nitrogens is 1. The van der Waals surface area contributed by atoms with Crippen LogP contribution >= 0.6 is 0 Å². The van der Waals surface area contributed by atoms with Crippen LogP contribution in [0.4, 0.5) is 34.1 Å². The van der Waals surface area contributed by atoms with Crippen molar-refractivity contribution in [2.45, 2.75) is 12.8 Å². The van der Waals surface area contributed by atoms with E-state index in [1.54, 1.807) is 0 Å². The molecule has 6 heteroatoms. The monoisotopic (exact) mass is 865 g/mol. The molecule has 1 aromatic heterocycles. The smallest absolute Gasteiger partial charge is 0.0326 e. The predicted octanol–water partition coefficient (Wildman–Crippen LogP) is 11.1. The summed E-state index contributed by atoms with van der Waals surface area (Å²) in [6, 6.07) is 65.7. The summed E-state index contributed by atoms with van der Waals surface area (Å²) < 4.78 is 0. The van der Waals surface area contributed by atoms with Crippen molar-refractivity contribution in [3.05, 3.63) is 202 Å². The molecular formula is C47H38IrN5-5. The van der Waals surface area contributed by atoms with Gasteiger partial charge >= 0.3 is 0 Å². The number of benzene rings is 6. The molecule has 0 spiro atoms. The Morgan fingerprint density at radius 1 is 0.472 bits per heavy atom. The normalized spacial score (nSPS) is 12.8. The van der Waals surface area contributed by atoms with Crippen molar-refractivity contribution >= 4 is 34.1 Å². The van der Waals surface area contributed by atoms with Gasteiger partial charge in [-0.1, -0.05) is 60.7 Å². The second-order valence-corrected chi connectivity index (χ2v) is 12.6. The number of hydrogen-bond donors (Lipinski definition) is 0. The van der Waals surface area contributed by atoms with E-state index >= 15 is 0 Å². The van der Waals surface area contributed by atoms with Crippen LogP contribution in [0.2, 0.25) is 0 Å². The Bertz CT molecular complexity index is 2030. The molecule has 0 fully saturated rings. The molecule has 0 atom stereocenters. The molecule has 0 unspecified atom stereocenters. The van der Waals surface area contributed by atoms with E-state index in [4.69, 9.17) is 0 Å². The minimum Gasteiger partial charge on any atom is -0.501 e. The van der Waals surface area contributed by atoms with E-state index in [1.807, 2.05) is 79.0 Å². The zero-order valence-electron chi connectivity index (χ0n) is 29.2. The van der Waals surface area contributed by atoms with E-state index in [-0.39, 0.29) is 20.1 Å². The zero-order chi connectivity index (χ0) is 35.0. The summed E-state index contributed by atoms with van der Waals surface area (Å²) >= 11 is 0. The van der Waals surface area contributed by atoms with E-state index in [9.17, 15) is 0 Å². The van der Waals surface area contributed by atoms with Crippen LogP contribution in [0, 0.1) is 31.5 Å². The summed E-state index contributed by atoms with van der Waals surface area (Å²) in [6.45, 7) is 6.37. The Morgan fingerprint density at radius 2 is 0.962 bits per heavy atom. The number of para-hydroxylation sites is 6. The molecule has 0 N–H and O–H groups in total. The van der Waals surface area contributed by atoms with Crippen LogP contribution in [0.15, 0.2) is 170 Å². The van der Waals surface area contributed by atoms with Crippen molar-refractivity contribution in [2.24, 2.45) is 0 Å². The SMILES string of the molecule is [Ir].[c-]1ccccc1-c1cc(-c2ccccc2)ccn1.[c-]1ccccc1N1[CH-]N(CCCCN2[CH-]N(c3[c-]cccc3)c3ccccc32)c2ccccc21. The quantitative estimate of drug-likeness (QED) is 0.106. The van der Waals surface area contributed by atoms with Crippen LogP contribution in [-0.2, 0) is 20.1 Å². The summed E-state index contributed by atoms with van der Waals surface area (Å²) in [5.41, 5.74) is 11.4. The van der Waals surface area contributed by atoms with Gasteiger partial charge in [0, 0.05) is 49.1 Å². The minimum absolute atomic E-state index is 0. The van der Waals surface area contributed by atoms with Gasteiger partial charge in [0.2, 0.25) is 0 Å². The third-order valence-electron chi connectivity index (χ3n) is 9.22. The van der Waals surface area contributed by atoms with Gasteiger partial charge in [-0.25, -0.2) is 0 Å². The van der Waals surface area contributed by atoms with Crippen molar-refractivity contribution in [2.75, 3.05) is 32.7 Å². The fourth-order valence-corrected chi connectivity index (χ4v) is 6.66. The van der Waals surface area contributed by atoms with E-state index in [1.165, 1.54) is 33.9 Å². The Balaban J connectivity index is 0.000000194. The summed E-state index contributed by atoms with van der Waals surface area (Å²) in [6.07, 6.45) is 4.04. The van der Waals surface area contributed by atoms with Gasteiger partial charge in [-0.3, -0.25) is 0 Å². The number of unbranched alkanes of at least 4 members (excludes halogenated alkanes) is 1. The van der Waals surface area contributed by atoms with Crippen LogP contribution in [0.1, 0.15) is 12.8 Å². The average molecular weight is 865 g/mol. The molecule has 3 heterocycles. The third kappa shape index (κ3) is 8.20. The first kappa shape index (κ1) is 35.7. The van der Waals surface area contributed by atoms with Crippen LogP contribution in [-0.4, -0.2) is 18.1 Å². The van der Waals surface area contributed by atoms with Gasteiger partial charge in [-0.05, 0) is 73.1 Å². The molecule has 53 heavy (non-hydrogen) atoms. The minimum atomic E-state index is 0. The first-order valence-electron chi connectivity index (χ1n) is 17.7. The van der Waals surface area contributed by atoms with Crippen molar-refractivity contribution in [1.29, 1.82) is 0 Å². The van der Waals surface area contributed by atoms with Crippen molar-refractivity contribution < 1.29 is 20.1 Å². The average Bonchev–Trinajstić information content (AvgIpc) is 3.80. The molecule has 265 valence electrons. The Labute approximate surface area is 327 Å². The topological polar surface area (TPSA) is 25.9 Å². The van der Waals surface area contributed by atoms with Gasteiger partial charge in [-0.2, -0.15) is 74.0 Å². The zero-order valence-corrected chi connectivity index (χ0v) is 31.6. The predicted molar refractivity (Wildman–Crippen MR) is 214 cm³/mol. The van der Waals surface area contributed by atoms with Gasteiger partial charge in [0.25, 0.3) is 0 Å². The van der Waals surface area contributed by atoms with E-state index in [0.29, 0.717) is 0 Å².